The fraction of sp³-hybridized carbons (Fsp3) is 0.353. The van der Waals surface area contributed by atoms with E-state index in [0.717, 1.165) is 0 Å². The monoisotopic (exact) mass is 332 g/mol. The Kier molecular flexibility index (Phi) is 5.23. The Labute approximate surface area is 140 Å². The molecular formula is C17H20N2O5. The summed E-state index contributed by atoms with van der Waals surface area (Å²) in [5.41, 5.74) is 1.95. The average molecular weight is 332 g/mol. The molecule has 128 valence electrons. The van der Waals surface area contributed by atoms with E-state index in [2.05, 4.69) is 10.1 Å². The van der Waals surface area contributed by atoms with Crippen LogP contribution in [0.3, 0.4) is 0 Å². The van der Waals surface area contributed by atoms with Gasteiger partial charge in [-0.2, -0.15) is 0 Å². The lowest BCUT2D eigenvalue weighted by Crippen LogP contribution is -2.46. The van der Waals surface area contributed by atoms with Gasteiger partial charge in [0.25, 0.3) is 0 Å². The number of nitrogens with zero attached hydrogens (tertiary/aromatic N) is 1. The number of rotatable bonds is 4. The van der Waals surface area contributed by atoms with Gasteiger partial charge in [-0.05, 0) is 31.5 Å². The molecule has 7 heteroatoms. The summed E-state index contributed by atoms with van der Waals surface area (Å²) >= 11 is 0. The maximum atomic E-state index is 12.3. The van der Waals surface area contributed by atoms with Crippen molar-refractivity contribution in [3.8, 4) is 0 Å². The Balaban J connectivity index is 2.43. The molecule has 0 radical (unpaired) electrons. The highest BCUT2D eigenvalue weighted by Gasteiger charge is 2.34. The van der Waals surface area contributed by atoms with Crippen LogP contribution < -0.4 is 5.32 Å². The van der Waals surface area contributed by atoms with Gasteiger partial charge < -0.3 is 19.7 Å². The second-order valence-electron chi connectivity index (χ2n) is 5.27. The number of hydrogen-bond donors (Lipinski definition) is 1. The molecule has 1 atom stereocenters. The fourth-order valence-corrected chi connectivity index (χ4v) is 2.49. The Morgan fingerprint density at radius 2 is 1.83 bits per heavy atom. The van der Waals surface area contributed by atoms with Gasteiger partial charge in [-0.15, -0.1) is 0 Å². The molecule has 1 heterocycles. The molecule has 0 aromatic heterocycles. The number of carbonyl (C=O) groups is 3. The van der Waals surface area contributed by atoms with Crippen LogP contribution in [0.4, 0.5) is 4.79 Å². The zero-order valence-corrected chi connectivity index (χ0v) is 14.1. The molecule has 2 rings (SSSR count). The van der Waals surface area contributed by atoms with Gasteiger partial charge in [-0.25, -0.2) is 14.4 Å². The van der Waals surface area contributed by atoms with Crippen molar-refractivity contribution in [2.45, 2.75) is 19.9 Å². The molecule has 1 aliphatic heterocycles. The van der Waals surface area contributed by atoms with Crippen molar-refractivity contribution < 1.29 is 23.9 Å². The summed E-state index contributed by atoms with van der Waals surface area (Å²) in [6.45, 7) is 3.65. The molecule has 7 nitrogen and oxygen atoms in total. The van der Waals surface area contributed by atoms with Crippen LogP contribution in [0.15, 0.2) is 35.5 Å². The molecule has 0 fully saturated rings. The van der Waals surface area contributed by atoms with Gasteiger partial charge in [0.05, 0.1) is 30.9 Å². The molecule has 1 aromatic rings. The third-order valence-electron chi connectivity index (χ3n) is 3.91. The molecule has 1 aromatic carbocycles. The number of nitrogens with one attached hydrogen (secondary N) is 1. The Morgan fingerprint density at radius 1 is 1.21 bits per heavy atom. The third kappa shape index (κ3) is 3.24. The summed E-state index contributed by atoms with van der Waals surface area (Å²) in [5.74, 6) is -0.935. The van der Waals surface area contributed by atoms with Crippen LogP contribution in [0.25, 0.3) is 0 Å². The van der Waals surface area contributed by atoms with Crippen molar-refractivity contribution in [2.24, 2.45) is 0 Å². The van der Waals surface area contributed by atoms with Crippen LogP contribution in [0.5, 0.6) is 0 Å². The second-order valence-corrected chi connectivity index (χ2v) is 5.27. The topological polar surface area (TPSA) is 84.9 Å². The largest absolute Gasteiger partial charge is 0.465 e. The lowest BCUT2D eigenvalue weighted by molar-refractivity contribution is -0.139. The van der Waals surface area contributed by atoms with Crippen LogP contribution >= 0.6 is 0 Å². The van der Waals surface area contributed by atoms with Gasteiger partial charge in [0, 0.05) is 12.7 Å². The van der Waals surface area contributed by atoms with E-state index in [-0.39, 0.29) is 12.6 Å². The Bertz CT molecular complexity index is 693. The number of carbonyl (C=O) groups excluding carboxylic acids is 3. The molecule has 24 heavy (non-hydrogen) atoms. The van der Waals surface area contributed by atoms with Crippen LogP contribution in [0.1, 0.15) is 35.8 Å². The molecule has 2 amide bonds. The van der Waals surface area contributed by atoms with E-state index in [1.54, 1.807) is 45.2 Å². The maximum Gasteiger partial charge on any atom is 0.338 e. The Morgan fingerprint density at radius 3 is 2.38 bits per heavy atom. The molecule has 0 spiro atoms. The summed E-state index contributed by atoms with van der Waals surface area (Å²) in [6.07, 6.45) is 0. The third-order valence-corrected chi connectivity index (χ3v) is 3.91. The second kappa shape index (κ2) is 7.16. The number of esters is 2. The minimum atomic E-state index is -0.639. The summed E-state index contributed by atoms with van der Waals surface area (Å²) in [6, 6.07) is 5.57. The van der Waals surface area contributed by atoms with Crippen molar-refractivity contribution in [3.05, 3.63) is 46.7 Å². The maximum absolute atomic E-state index is 12.3. The van der Waals surface area contributed by atoms with E-state index >= 15 is 0 Å². The molecule has 0 bridgehead atoms. The van der Waals surface area contributed by atoms with Gasteiger partial charge in [-0.3, -0.25) is 0 Å². The lowest BCUT2D eigenvalue weighted by Gasteiger charge is -2.33. The van der Waals surface area contributed by atoms with Crippen molar-refractivity contribution in [3.63, 3.8) is 0 Å². The summed E-state index contributed by atoms with van der Waals surface area (Å²) in [7, 11) is 2.89. The fourth-order valence-electron chi connectivity index (χ4n) is 2.49. The first-order valence-corrected chi connectivity index (χ1v) is 7.51. The zero-order chi connectivity index (χ0) is 17.9. The quantitative estimate of drug-likeness (QED) is 0.853. The number of benzene rings is 1. The standard InChI is InChI=1S/C17H20N2O5/c1-5-24-16(21)13-10(2)19(3)17(22)18-14(13)11-6-8-12(9-7-11)15(20)23-4/h6-9,14H,5H2,1-4H3,(H,18,22). The minimum absolute atomic E-state index is 0.237. The molecule has 1 N–H and O–H groups in total. The number of ether oxygens (including phenoxy) is 2. The van der Waals surface area contributed by atoms with Gasteiger partial charge in [0.1, 0.15) is 0 Å². The minimum Gasteiger partial charge on any atom is -0.465 e. The first-order chi connectivity index (χ1) is 11.4. The SMILES string of the molecule is CCOC(=O)C1=C(C)N(C)C(=O)NC1c1ccc(C(=O)OC)cc1. The summed E-state index contributed by atoms with van der Waals surface area (Å²) < 4.78 is 9.78. The number of urea groups is 1. The first kappa shape index (κ1) is 17.5. The van der Waals surface area contributed by atoms with Gasteiger partial charge in [0.15, 0.2) is 0 Å². The van der Waals surface area contributed by atoms with Crippen molar-refractivity contribution in [1.82, 2.24) is 10.2 Å². The van der Waals surface area contributed by atoms with E-state index in [1.807, 2.05) is 0 Å². The van der Waals surface area contributed by atoms with Crippen molar-refractivity contribution in [2.75, 3.05) is 20.8 Å². The number of allylic oxidation sites excluding steroid dienone is 1. The van der Waals surface area contributed by atoms with Crippen LogP contribution in [0, 0.1) is 0 Å². The van der Waals surface area contributed by atoms with E-state index in [4.69, 9.17) is 4.74 Å². The van der Waals surface area contributed by atoms with Gasteiger partial charge >= 0.3 is 18.0 Å². The summed E-state index contributed by atoms with van der Waals surface area (Å²) in [5, 5.41) is 2.78. The van der Waals surface area contributed by atoms with Crippen LogP contribution in [-0.4, -0.2) is 43.6 Å². The molecule has 0 saturated heterocycles. The molecule has 1 aliphatic rings. The van der Waals surface area contributed by atoms with Gasteiger partial charge in [0.2, 0.25) is 0 Å². The van der Waals surface area contributed by atoms with Crippen molar-refractivity contribution in [1.29, 1.82) is 0 Å². The lowest BCUT2D eigenvalue weighted by atomic mass is 9.94. The van der Waals surface area contributed by atoms with Crippen LogP contribution in [0.2, 0.25) is 0 Å². The first-order valence-electron chi connectivity index (χ1n) is 7.51. The van der Waals surface area contributed by atoms with E-state index in [1.165, 1.54) is 12.0 Å². The van der Waals surface area contributed by atoms with E-state index < -0.39 is 18.0 Å². The Hall–Kier alpha value is -2.83. The molecule has 0 saturated carbocycles. The number of amides is 2. The average Bonchev–Trinajstić information content (AvgIpc) is 2.59. The highest BCUT2D eigenvalue weighted by Crippen LogP contribution is 2.30. The van der Waals surface area contributed by atoms with Crippen molar-refractivity contribution >= 4 is 18.0 Å². The predicted octanol–water partition coefficient (Wildman–Crippen LogP) is 2.01. The normalized spacial score (nSPS) is 17.4. The molecular weight excluding hydrogens is 312 g/mol. The highest BCUT2D eigenvalue weighted by molar-refractivity contribution is 5.95. The number of hydrogen-bond acceptors (Lipinski definition) is 5. The molecule has 1 unspecified atom stereocenters. The van der Waals surface area contributed by atoms with Crippen LogP contribution in [-0.2, 0) is 14.3 Å². The zero-order valence-electron chi connectivity index (χ0n) is 14.1. The molecule has 0 aliphatic carbocycles. The smallest absolute Gasteiger partial charge is 0.338 e. The summed E-state index contributed by atoms with van der Waals surface area (Å²) in [4.78, 5) is 37.3. The van der Waals surface area contributed by atoms with E-state index in [9.17, 15) is 14.4 Å². The highest BCUT2D eigenvalue weighted by atomic mass is 16.5. The number of methoxy groups -OCH3 is 1. The van der Waals surface area contributed by atoms with E-state index in [0.29, 0.717) is 22.4 Å². The predicted molar refractivity (Wildman–Crippen MR) is 86.2 cm³/mol. The van der Waals surface area contributed by atoms with Gasteiger partial charge in [-0.1, -0.05) is 12.1 Å².